The molecule has 0 radical (unpaired) electrons. The van der Waals surface area contributed by atoms with Crippen LogP contribution in [-0.4, -0.2) is 22.5 Å². The van der Waals surface area contributed by atoms with Crippen molar-refractivity contribution in [3.05, 3.63) is 101 Å². The number of fused-ring (bicyclic) bond motifs is 2. The van der Waals surface area contributed by atoms with Gasteiger partial charge in [-0.2, -0.15) is 0 Å². The first-order valence-electron chi connectivity index (χ1n) is 8.70. The molecule has 0 atom stereocenters. The Morgan fingerprint density at radius 1 is 0.821 bits per heavy atom. The lowest BCUT2D eigenvalue weighted by atomic mass is 10.1. The van der Waals surface area contributed by atoms with E-state index >= 15 is 0 Å². The highest BCUT2D eigenvalue weighted by molar-refractivity contribution is 6.32. The molecule has 6 nitrogen and oxygen atoms in total. The number of anilines is 2. The Kier molecular flexibility index (Phi) is 3.45. The van der Waals surface area contributed by atoms with Crippen LogP contribution in [0.3, 0.4) is 0 Å². The van der Waals surface area contributed by atoms with E-state index in [2.05, 4.69) is 10.3 Å². The normalized spacial score (nSPS) is 17.4. The number of rotatable bonds is 1. The highest BCUT2D eigenvalue weighted by atomic mass is 16.2. The fraction of sp³-hybridized carbons (Fsp3) is 0. The van der Waals surface area contributed by atoms with Crippen LogP contribution in [-0.2, 0) is 0 Å². The maximum atomic E-state index is 13.3. The third-order valence-corrected chi connectivity index (χ3v) is 4.85. The van der Waals surface area contributed by atoms with Gasteiger partial charge in [0.05, 0.1) is 5.69 Å². The minimum atomic E-state index is -0.395. The third-order valence-electron chi connectivity index (χ3n) is 4.85. The number of pyridine rings is 1. The molecule has 1 aromatic heterocycles. The molecule has 2 aromatic carbocycles. The lowest BCUT2D eigenvalue weighted by Gasteiger charge is -2.19. The maximum absolute atomic E-state index is 13.3. The van der Waals surface area contributed by atoms with Gasteiger partial charge in [-0.3, -0.25) is 24.3 Å². The molecule has 0 aliphatic carbocycles. The fourth-order valence-corrected chi connectivity index (χ4v) is 3.55. The summed E-state index contributed by atoms with van der Waals surface area (Å²) in [6.07, 6.45) is 3.03. The van der Waals surface area contributed by atoms with Gasteiger partial charge in [-0.1, -0.05) is 24.3 Å². The molecular formula is C22H13N3O3. The van der Waals surface area contributed by atoms with E-state index in [1.807, 2.05) is 0 Å². The van der Waals surface area contributed by atoms with E-state index in [4.69, 9.17) is 0 Å². The molecule has 0 saturated carbocycles. The smallest absolute Gasteiger partial charge is 0.263 e. The Balaban J connectivity index is 1.72. The van der Waals surface area contributed by atoms with Crippen LogP contribution in [0.15, 0.2) is 84.5 Å². The Hall–Kier alpha value is -4.06. The minimum Gasteiger partial charge on any atom is -0.350 e. The molecule has 0 unspecified atom stereocenters. The molecule has 0 fully saturated rings. The summed E-state index contributed by atoms with van der Waals surface area (Å²) in [5.41, 5.74) is 2.48. The predicted octanol–water partition coefficient (Wildman–Crippen LogP) is 3.44. The molecule has 1 N–H and O–H groups in total. The average molecular weight is 367 g/mol. The van der Waals surface area contributed by atoms with Gasteiger partial charge in [-0.05, 0) is 36.4 Å². The summed E-state index contributed by atoms with van der Waals surface area (Å²) in [4.78, 5) is 44.7. The van der Waals surface area contributed by atoms with E-state index in [1.165, 1.54) is 17.3 Å². The molecule has 2 aliphatic rings. The first-order chi connectivity index (χ1) is 13.7. The van der Waals surface area contributed by atoms with Crippen LogP contribution in [0.25, 0.3) is 0 Å². The molecule has 0 bridgehead atoms. The van der Waals surface area contributed by atoms with Crippen molar-refractivity contribution in [1.82, 2.24) is 4.98 Å². The number of hydrogen-bond acceptors (Lipinski definition) is 5. The zero-order chi connectivity index (χ0) is 19.3. The van der Waals surface area contributed by atoms with Gasteiger partial charge in [0, 0.05) is 34.8 Å². The first kappa shape index (κ1) is 16.1. The van der Waals surface area contributed by atoms with Gasteiger partial charge in [-0.15, -0.1) is 0 Å². The van der Waals surface area contributed by atoms with Crippen molar-refractivity contribution in [2.24, 2.45) is 0 Å². The second-order valence-electron chi connectivity index (χ2n) is 6.45. The molecule has 6 heteroatoms. The third kappa shape index (κ3) is 2.21. The Labute approximate surface area is 160 Å². The Morgan fingerprint density at radius 2 is 1.50 bits per heavy atom. The van der Waals surface area contributed by atoms with Crippen molar-refractivity contribution in [3.8, 4) is 0 Å². The predicted molar refractivity (Wildman–Crippen MR) is 103 cm³/mol. The molecule has 3 aromatic rings. The van der Waals surface area contributed by atoms with Crippen LogP contribution >= 0.6 is 0 Å². The number of nitrogens with one attached hydrogen (secondary N) is 1. The van der Waals surface area contributed by atoms with Crippen molar-refractivity contribution >= 4 is 28.8 Å². The maximum Gasteiger partial charge on any atom is 0.263 e. The second-order valence-corrected chi connectivity index (χ2v) is 6.45. The van der Waals surface area contributed by atoms with Crippen LogP contribution in [0.2, 0.25) is 0 Å². The topological polar surface area (TPSA) is 79.4 Å². The Bertz CT molecular complexity index is 1200. The molecule has 1 amide bonds. The number of aromatic nitrogens is 1. The number of amides is 1. The molecule has 2 aliphatic heterocycles. The van der Waals surface area contributed by atoms with Crippen molar-refractivity contribution < 1.29 is 14.4 Å². The monoisotopic (exact) mass is 367 g/mol. The number of nitrogens with zero attached hydrogens (tertiary/aromatic N) is 2. The van der Waals surface area contributed by atoms with Crippen LogP contribution in [0.5, 0.6) is 0 Å². The van der Waals surface area contributed by atoms with Crippen molar-refractivity contribution in [3.63, 3.8) is 0 Å². The van der Waals surface area contributed by atoms with E-state index in [9.17, 15) is 14.4 Å². The minimum absolute atomic E-state index is 0.0456. The van der Waals surface area contributed by atoms with Crippen LogP contribution in [0, 0.1) is 0 Å². The summed E-state index contributed by atoms with van der Waals surface area (Å²) in [6, 6.07) is 17.0. The second kappa shape index (κ2) is 5.99. The lowest BCUT2D eigenvalue weighted by Crippen LogP contribution is -2.31. The molecule has 0 saturated heterocycles. The van der Waals surface area contributed by atoms with Gasteiger partial charge >= 0.3 is 0 Å². The summed E-state index contributed by atoms with van der Waals surface area (Å²) < 4.78 is 0. The van der Waals surface area contributed by atoms with E-state index in [1.54, 1.807) is 60.7 Å². The van der Waals surface area contributed by atoms with E-state index in [0.717, 1.165) is 0 Å². The molecule has 0 spiro atoms. The van der Waals surface area contributed by atoms with Gasteiger partial charge < -0.3 is 5.32 Å². The van der Waals surface area contributed by atoms with Crippen molar-refractivity contribution in [1.29, 1.82) is 0 Å². The highest BCUT2D eigenvalue weighted by Gasteiger charge is 2.42. The van der Waals surface area contributed by atoms with Crippen LogP contribution in [0.4, 0.5) is 11.4 Å². The largest absolute Gasteiger partial charge is 0.350 e. The lowest BCUT2D eigenvalue weighted by molar-refractivity contribution is 0.0968. The summed E-state index contributed by atoms with van der Waals surface area (Å²) >= 11 is 0. The average Bonchev–Trinajstić information content (AvgIpc) is 3.23. The summed E-state index contributed by atoms with van der Waals surface area (Å²) in [6.45, 7) is 0. The molecule has 5 rings (SSSR count). The summed E-state index contributed by atoms with van der Waals surface area (Å²) in [5, 5.41) is 3.03. The number of hydrogen-bond donors (Lipinski definition) is 1. The summed E-state index contributed by atoms with van der Waals surface area (Å²) in [5.74, 6) is -1.06. The molecular weight excluding hydrogens is 354 g/mol. The molecule has 3 heterocycles. The zero-order valence-corrected chi connectivity index (χ0v) is 14.5. The fourth-order valence-electron chi connectivity index (χ4n) is 3.55. The van der Waals surface area contributed by atoms with E-state index in [-0.39, 0.29) is 23.0 Å². The first-order valence-corrected chi connectivity index (χ1v) is 8.70. The number of benzene rings is 2. The standard InChI is InChI=1S/C22H13N3O3/c26-20-14-5-1-3-7-16(14)24-18(20)19-21(27)15-6-2-4-8-17(15)25(19)22(28)13-9-11-23-12-10-13/h1-12,24H/b19-18+. The number of ketones is 2. The van der Waals surface area contributed by atoms with Crippen LogP contribution < -0.4 is 10.2 Å². The van der Waals surface area contributed by atoms with Gasteiger partial charge in [0.1, 0.15) is 11.4 Å². The zero-order valence-electron chi connectivity index (χ0n) is 14.5. The molecule has 28 heavy (non-hydrogen) atoms. The SMILES string of the molecule is O=C1/C(=C2/C(=O)c3ccccc3N2C(=O)c2ccncc2)Nc2ccccc21. The number of carbonyl (C=O) groups excluding carboxylic acids is 3. The number of para-hydroxylation sites is 2. The molecule has 134 valence electrons. The van der Waals surface area contributed by atoms with E-state index < -0.39 is 5.91 Å². The summed E-state index contributed by atoms with van der Waals surface area (Å²) in [7, 11) is 0. The van der Waals surface area contributed by atoms with Crippen molar-refractivity contribution in [2.75, 3.05) is 10.2 Å². The van der Waals surface area contributed by atoms with Crippen molar-refractivity contribution in [2.45, 2.75) is 0 Å². The van der Waals surface area contributed by atoms with E-state index in [0.29, 0.717) is 28.1 Å². The van der Waals surface area contributed by atoms with Gasteiger partial charge in [-0.25, -0.2) is 0 Å². The number of allylic oxidation sites excluding steroid dienone is 2. The quantitative estimate of drug-likeness (QED) is 0.667. The Morgan fingerprint density at radius 3 is 2.25 bits per heavy atom. The van der Waals surface area contributed by atoms with Gasteiger partial charge in [0.25, 0.3) is 5.91 Å². The number of carbonyl (C=O) groups is 3. The van der Waals surface area contributed by atoms with Crippen LogP contribution in [0.1, 0.15) is 31.1 Å². The van der Waals surface area contributed by atoms with Gasteiger partial charge in [0.15, 0.2) is 0 Å². The highest BCUT2D eigenvalue weighted by Crippen LogP contribution is 2.40. The van der Waals surface area contributed by atoms with Gasteiger partial charge in [0.2, 0.25) is 11.6 Å². The number of Topliss-reactive ketones (excluding diaryl/α,β-unsaturated/α-hetero) is 2.